The van der Waals surface area contributed by atoms with Crippen LogP contribution in [0, 0.1) is 6.92 Å². The van der Waals surface area contributed by atoms with Crippen LogP contribution in [0.1, 0.15) is 22.3 Å². The largest absolute Gasteiger partial charge is 0.493 e. The first-order chi connectivity index (χ1) is 21.1. The van der Waals surface area contributed by atoms with Crippen molar-refractivity contribution < 1.29 is 28.6 Å². The topological polar surface area (TPSA) is 94.2 Å². The maximum absolute atomic E-state index is 13.4. The molecule has 1 aliphatic rings. The Morgan fingerprint density at radius 2 is 1.55 bits per heavy atom. The third kappa shape index (κ3) is 6.99. The predicted molar refractivity (Wildman–Crippen MR) is 175 cm³/mol. The van der Waals surface area contributed by atoms with Crippen molar-refractivity contribution in [2.45, 2.75) is 20.1 Å². The fourth-order valence-corrected chi connectivity index (χ4v) is 6.10. The van der Waals surface area contributed by atoms with Crippen LogP contribution in [0.15, 0.2) is 93.4 Å². The molecule has 0 bridgehead atoms. The second-order valence-electron chi connectivity index (χ2n) is 9.75. The van der Waals surface area contributed by atoms with Crippen LogP contribution in [0.5, 0.6) is 17.2 Å². The summed E-state index contributed by atoms with van der Waals surface area (Å²) in [6.07, 6.45) is 1.41. The van der Waals surface area contributed by atoms with Gasteiger partial charge in [-0.1, -0.05) is 54.1 Å². The van der Waals surface area contributed by atoms with E-state index in [1.807, 2.05) is 48.5 Å². The molecule has 0 unspecified atom stereocenters. The van der Waals surface area contributed by atoms with Gasteiger partial charge < -0.3 is 14.2 Å². The van der Waals surface area contributed by atoms with Crippen molar-refractivity contribution >= 4 is 73.1 Å². The van der Waals surface area contributed by atoms with E-state index < -0.39 is 17.8 Å². The smallest absolute Gasteiger partial charge is 0.335 e. The van der Waals surface area contributed by atoms with Gasteiger partial charge in [0, 0.05) is 5.02 Å². The number of carbonyl (C=O) groups excluding carboxylic acids is 3. The van der Waals surface area contributed by atoms with Crippen molar-refractivity contribution in [3.05, 3.63) is 121 Å². The molecule has 44 heavy (non-hydrogen) atoms. The zero-order valence-electron chi connectivity index (χ0n) is 23.5. The highest BCUT2D eigenvalue weighted by molar-refractivity contribution is 9.11. The molecule has 1 N–H and O–H groups in total. The fraction of sp³-hybridized carbons (Fsp3) is 0.121. The molecule has 1 saturated heterocycles. The van der Waals surface area contributed by atoms with Crippen LogP contribution in [0.3, 0.4) is 0 Å². The Kier molecular flexibility index (Phi) is 9.73. The normalized spacial score (nSPS) is 14.1. The van der Waals surface area contributed by atoms with E-state index in [9.17, 15) is 14.4 Å². The molecular weight excluding hydrogens is 716 g/mol. The highest BCUT2D eigenvalue weighted by Crippen LogP contribution is 2.37. The Labute approximate surface area is 275 Å². The number of nitrogens with zero attached hydrogens (tertiary/aromatic N) is 1. The molecule has 4 aromatic rings. The molecule has 0 saturated carbocycles. The van der Waals surface area contributed by atoms with E-state index in [1.54, 1.807) is 38.3 Å². The molecule has 1 fully saturated rings. The molecule has 4 amide bonds. The van der Waals surface area contributed by atoms with Gasteiger partial charge in [-0.25, -0.2) is 9.69 Å². The van der Waals surface area contributed by atoms with E-state index in [0.29, 0.717) is 49.0 Å². The number of hydrogen-bond acceptors (Lipinski definition) is 6. The van der Waals surface area contributed by atoms with Crippen LogP contribution < -0.4 is 24.4 Å². The number of anilines is 1. The Hall–Kier alpha value is -4.12. The Balaban J connectivity index is 1.32. The summed E-state index contributed by atoms with van der Waals surface area (Å²) in [7, 11) is 1.58. The third-order valence-electron chi connectivity index (χ3n) is 6.69. The molecule has 1 aliphatic heterocycles. The fourth-order valence-electron chi connectivity index (χ4n) is 4.48. The molecule has 4 aromatic carbocycles. The van der Waals surface area contributed by atoms with E-state index in [0.717, 1.165) is 16.0 Å². The van der Waals surface area contributed by atoms with Crippen LogP contribution in [0.4, 0.5) is 10.5 Å². The Bertz CT molecular complexity index is 1770. The molecule has 0 aliphatic carbocycles. The average Bonchev–Trinajstić information content (AvgIpc) is 3.00. The van der Waals surface area contributed by atoms with Crippen molar-refractivity contribution in [2.24, 2.45) is 0 Å². The first-order valence-corrected chi connectivity index (χ1v) is 15.2. The number of amides is 4. The molecule has 5 rings (SSSR count). The van der Waals surface area contributed by atoms with Gasteiger partial charge in [-0.2, -0.15) is 0 Å². The number of halogens is 3. The van der Waals surface area contributed by atoms with Crippen molar-refractivity contribution in [1.82, 2.24) is 5.32 Å². The van der Waals surface area contributed by atoms with E-state index >= 15 is 0 Å². The molecule has 0 aromatic heterocycles. The highest BCUT2D eigenvalue weighted by Gasteiger charge is 2.37. The molecular formula is C33H25Br2ClN2O6. The summed E-state index contributed by atoms with van der Waals surface area (Å²) in [6.45, 7) is 2.38. The minimum Gasteiger partial charge on any atom is -0.493 e. The number of barbiturate groups is 1. The van der Waals surface area contributed by atoms with E-state index in [4.69, 9.17) is 25.8 Å². The molecule has 0 spiro atoms. The minimum atomic E-state index is -0.846. The number of aryl methyl sites for hydroxylation is 1. The van der Waals surface area contributed by atoms with Gasteiger partial charge in [-0.3, -0.25) is 14.9 Å². The zero-order chi connectivity index (χ0) is 31.4. The number of ether oxygens (including phenoxy) is 3. The number of benzene rings is 4. The quantitative estimate of drug-likeness (QED) is 0.138. The van der Waals surface area contributed by atoms with E-state index in [1.165, 1.54) is 12.1 Å². The van der Waals surface area contributed by atoms with Gasteiger partial charge in [0.1, 0.15) is 24.5 Å². The van der Waals surface area contributed by atoms with Crippen LogP contribution in [0.25, 0.3) is 6.08 Å². The van der Waals surface area contributed by atoms with Crippen LogP contribution in [-0.2, 0) is 22.8 Å². The second-order valence-corrected chi connectivity index (χ2v) is 11.9. The van der Waals surface area contributed by atoms with Crippen molar-refractivity contribution in [2.75, 3.05) is 12.0 Å². The van der Waals surface area contributed by atoms with Gasteiger partial charge in [0.25, 0.3) is 11.8 Å². The van der Waals surface area contributed by atoms with E-state index in [2.05, 4.69) is 37.2 Å². The van der Waals surface area contributed by atoms with Crippen molar-refractivity contribution in [3.8, 4) is 17.2 Å². The number of imide groups is 2. The number of carbonyl (C=O) groups is 3. The lowest BCUT2D eigenvalue weighted by Gasteiger charge is -2.27. The summed E-state index contributed by atoms with van der Waals surface area (Å²) in [4.78, 5) is 39.6. The Morgan fingerprint density at radius 3 is 2.25 bits per heavy atom. The van der Waals surface area contributed by atoms with E-state index in [-0.39, 0.29) is 17.9 Å². The maximum atomic E-state index is 13.4. The monoisotopic (exact) mass is 738 g/mol. The predicted octanol–water partition coefficient (Wildman–Crippen LogP) is 8.01. The van der Waals surface area contributed by atoms with Crippen LogP contribution >= 0.6 is 43.5 Å². The number of nitrogens with one attached hydrogen (secondary N) is 1. The van der Waals surface area contributed by atoms with Crippen molar-refractivity contribution in [1.29, 1.82) is 0 Å². The molecule has 11 heteroatoms. The molecule has 1 heterocycles. The van der Waals surface area contributed by atoms with Gasteiger partial charge in [0.15, 0.2) is 11.5 Å². The number of urea groups is 1. The lowest BCUT2D eigenvalue weighted by molar-refractivity contribution is -0.122. The lowest BCUT2D eigenvalue weighted by atomic mass is 10.1. The zero-order valence-corrected chi connectivity index (χ0v) is 27.5. The summed E-state index contributed by atoms with van der Waals surface area (Å²) >= 11 is 13.2. The van der Waals surface area contributed by atoms with Gasteiger partial charge in [-0.05, 0) is 104 Å². The summed E-state index contributed by atoms with van der Waals surface area (Å²) in [5.74, 6) is 0.154. The third-order valence-corrected chi connectivity index (χ3v) is 8.11. The summed E-state index contributed by atoms with van der Waals surface area (Å²) in [5.41, 5.74) is 3.14. The molecule has 8 nitrogen and oxygen atoms in total. The summed E-state index contributed by atoms with van der Waals surface area (Å²) < 4.78 is 18.7. The maximum Gasteiger partial charge on any atom is 0.335 e. The van der Waals surface area contributed by atoms with Crippen LogP contribution in [-0.4, -0.2) is 25.0 Å². The highest BCUT2D eigenvalue weighted by atomic mass is 79.9. The average molecular weight is 741 g/mol. The second kappa shape index (κ2) is 13.7. The van der Waals surface area contributed by atoms with Crippen molar-refractivity contribution in [3.63, 3.8) is 0 Å². The molecule has 0 atom stereocenters. The standard InChI is InChI=1S/C33H25Br2ClN2O6/c1-19-8-10-23(36)16-27(19)38-32(40)24(31(39)37-33(38)41)12-22-13-25(34)30(26(35)14-22)44-18-21-9-11-28(29(15-21)42-2)43-17-20-6-4-3-5-7-20/h3-16H,17-18H2,1-2H3,(H,37,39,41)/b24-12+. The van der Waals surface area contributed by atoms with Gasteiger partial charge in [-0.15, -0.1) is 0 Å². The lowest BCUT2D eigenvalue weighted by Crippen LogP contribution is -2.54. The summed E-state index contributed by atoms with van der Waals surface area (Å²) in [5, 5.41) is 2.58. The SMILES string of the molecule is COc1cc(COc2c(Br)cc(/C=C3\C(=O)NC(=O)N(c4cc(Cl)ccc4C)C3=O)cc2Br)ccc1OCc1ccccc1. The first kappa shape index (κ1) is 31.3. The minimum absolute atomic E-state index is 0.210. The van der Waals surface area contributed by atoms with Gasteiger partial charge in [0.2, 0.25) is 0 Å². The molecule has 0 radical (unpaired) electrons. The number of hydrogen-bond donors (Lipinski definition) is 1. The number of methoxy groups -OCH3 is 1. The van der Waals surface area contributed by atoms with Crippen LogP contribution in [0.2, 0.25) is 5.02 Å². The first-order valence-electron chi connectivity index (χ1n) is 13.3. The van der Waals surface area contributed by atoms with Gasteiger partial charge in [0.05, 0.1) is 21.7 Å². The van der Waals surface area contributed by atoms with Gasteiger partial charge >= 0.3 is 6.03 Å². The number of rotatable bonds is 9. The Morgan fingerprint density at radius 1 is 0.841 bits per heavy atom. The summed E-state index contributed by atoms with van der Waals surface area (Å²) in [6, 6.07) is 22.9. The molecule has 224 valence electrons.